The molecule has 1 aromatic carbocycles. The summed E-state index contributed by atoms with van der Waals surface area (Å²) >= 11 is 0. The molecule has 0 atom stereocenters. The molecular formula is C11H13FO2. The van der Waals surface area contributed by atoms with Crippen LogP contribution in [0.1, 0.15) is 17.5 Å². The summed E-state index contributed by atoms with van der Waals surface area (Å²) in [6.45, 7) is 1.71. The van der Waals surface area contributed by atoms with E-state index in [1.807, 2.05) is 6.07 Å². The number of benzene rings is 1. The van der Waals surface area contributed by atoms with Crippen LogP contribution in [-0.2, 0) is 16.0 Å². The SMILES string of the molecule is COC(=O)CCc1ccc(C)c(F)c1. The summed E-state index contributed by atoms with van der Waals surface area (Å²) in [7, 11) is 1.35. The maximum absolute atomic E-state index is 13.1. The molecule has 0 radical (unpaired) electrons. The lowest BCUT2D eigenvalue weighted by molar-refractivity contribution is -0.140. The summed E-state index contributed by atoms with van der Waals surface area (Å²) in [6.07, 6.45) is 0.808. The first-order valence-corrected chi connectivity index (χ1v) is 4.45. The molecule has 0 heterocycles. The van der Waals surface area contributed by atoms with Crippen LogP contribution in [0.5, 0.6) is 0 Å². The van der Waals surface area contributed by atoms with Crippen LogP contribution in [0.3, 0.4) is 0 Å². The van der Waals surface area contributed by atoms with E-state index in [4.69, 9.17) is 0 Å². The van der Waals surface area contributed by atoms with Gasteiger partial charge in [0.2, 0.25) is 0 Å². The smallest absolute Gasteiger partial charge is 0.305 e. The predicted octanol–water partition coefficient (Wildman–Crippen LogP) is 2.24. The van der Waals surface area contributed by atoms with Gasteiger partial charge in [-0.3, -0.25) is 4.79 Å². The molecule has 2 nitrogen and oxygen atoms in total. The number of methoxy groups -OCH3 is 1. The summed E-state index contributed by atoms with van der Waals surface area (Å²) in [4.78, 5) is 10.8. The third-order valence-electron chi connectivity index (χ3n) is 2.08. The van der Waals surface area contributed by atoms with Gasteiger partial charge in [-0.05, 0) is 30.5 Å². The molecule has 0 spiro atoms. The van der Waals surface area contributed by atoms with E-state index in [0.717, 1.165) is 5.56 Å². The highest BCUT2D eigenvalue weighted by atomic mass is 19.1. The molecule has 0 aliphatic rings. The van der Waals surface area contributed by atoms with Crippen LogP contribution in [0, 0.1) is 12.7 Å². The van der Waals surface area contributed by atoms with Gasteiger partial charge in [-0.25, -0.2) is 4.39 Å². The molecule has 0 unspecified atom stereocenters. The molecule has 0 saturated carbocycles. The molecule has 1 aromatic rings. The number of carbonyl (C=O) groups is 1. The summed E-state index contributed by atoms with van der Waals surface area (Å²) in [5, 5.41) is 0. The lowest BCUT2D eigenvalue weighted by atomic mass is 10.1. The fourth-order valence-corrected chi connectivity index (χ4v) is 1.14. The van der Waals surface area contributed by atoms with Crippen LogP contribution in [0.2, 0.25) is 0 Å². The second-order valence-corrected chi connectivity index (χ2v) is 3.16. The second kappa shape index (κ2) is 4.74. The van der Waals surface area contributed by atoms with Crippen molar-refractivity contribution in [3.63, 3.8) is 0 Å². The van der Waals surface area contributed by atoms with E-state index in [1.165, 1.54) is 13.2 Å². The Hall–Kier alpha value is -1.38. The Kier molecular flexibility index (Phi) is 3.63. The molecule has 0 saturated heterocycles. The van der Waals surface area contributed by atoms with Crippen molar-refractivity contribution in [3.8, 4) is 0 Å². The van der Waals surface area contributed by atoms with Gasteiger partial charge in [0.15, 0.2) is 0 Å². The van der Waals surface area contributed by atoms with Crippen molar-refractivity contribution < 1.29 is 13.9 Å². The summed E-state index contributed by atoms with van der Waals surface area (Å²) < 4.78 is 17.6. The number of carbonyl (C=O) groups excluding carboxylic acids is 1. The van der Waals surface area contributed by atoms with Crippen LogP contribution < -0.4 is 0 Å². The zero-order chi connectivity index (χ0) is 10.6. The topological polar surface area (TPSA) is 26.3 Å². The Morgan fingerprint density at radius 1 is 1.50 bits per heavy atom. The van der Waals surface area contributed by atoms with Gasteiger partial charge in [-0.15, -0.1) is 0 Å². The molecule has 0 aliphatic carbocycles. The van der Waals surface area contributed by atoms with Gasteiger partial charge >= 0.3 is 5.97 Å². The molecule has 1 rings (SSSR count). The minimum Gasteiger partial charge on any atom is -0.469 e. The first kappa shape index (κ1) is 10.7. The number of esters is 1. The van der Waals surface area contributed by atoms with Crippen molar-refractivity contribution in [2.24, 2.45) is 0 Å². The molecule has 0 aliphatic heterocycles. The Morgan fingerprint density at radius 2 is 2.21 bits per heavy atom. The normalized spacial score (nSPS) is 9.93. The fraction of sp³-hybridized carbons (Fsp3) is 0.364. The Morgan fingerprint density at radius 3 is 2.79 bits per heavy atom. The zero-order valence-corrected chi connectivity index (χ0v) is 8.34. The lowest BCUT2D eigenvalue weighted by Crippen LogP contribution is -2.02. The largest absolute Gasteiger partial charge is 0.469 e. The number of aryl methyl sites for hydroxylation is 2. The van der Waals surface area contributed by atoms with Gasteiger partial charge in [0.1, 0.15) is 5.82 Å². The van der Waals surface area contributed by atoms with Crippen LogP contribution in [0.25, 0.3) is 0 Å². The van der Waals surface area contributed by atoms with Gasteiger partial charge in [-0.1, -0.05) is 12.1 Å². The van der Waals surface area contributed by atoms with Crippen molar-refractivity contribution in [3.05, 3.63) is 35.1 Å². The molecule has 0 bridgehead atoms. The molecule has 14 heavy (non-hydrogen) atoms. The van der Waals surface area contributed by atoms with Crippen molar-refractivity contribution in [2.75, 3.05) is 7.11 Å². The summed E-state index contributed by atoms with van der Waals surface area (Å²) in [6, 6.07) is 4.99. The molecule has 0 amide bonds. The average Bonchev–Trinajstić information content (AvgIpc) is 2.19. The third kappa shape index (κ3) is 2.83. The number of ether oxygens (including phenoxy) is 1. The second-order valence-electron chi connectivity index (χ2n) is 3.16. The Labute approximate surface area is 82.7 Å². The van der Waals surface area contributed by atoms with Crippen LogP contribution in [-0.4, -0.2) is 13.1 Å². The van der Waals surface area contributed by atoms with Crippen molar-refractivity contribution >= 4 is 5.97 Å². The van der Waals surface area contributed by atoms with Gasteiger partial charge in [0.25, 0.3) is 0 Å². The Bertz CT molecular complexity index is 334. The first-order valence-electron chi connectivity index (χ1n) is 4.45. The van der Waals surface area contributed by atoms with Crippen LogP contribution in [0.15, 0.2) is 18.2 Å². The molecule has 0 fully saturated rings. The highest BCUT2D eigenvalue weighted by Gasteiger charge is 2.03. The first-order chi connectivity index (χ1) is 6.63. The average molecular weight is 196 g/mol. The number of halogens is 1. The third-order valence-corrected chi connectivity index (χ3v) is 2.08. The van der Waals surface area contributed by atoms with Crippen LogP contribution >= 0.6 is 0 Å². The van der Waals surface area contributed by atoms with E-state index >= 15 is 0 Å². The maximum atomic E-state index is 13.1. The van der Waals surface area contributed by atoms with E-state index in [0.29, 0.717) is 18.4 Å². The molecule has 0 aromatic heterocycles. The summed E-state index contributed by atoms with van der Waals surface area (Å²) in [5.41, 5.74) is 1.44. The monoisotopic (exact) mass is 196 g/mol. The van der Waals surface area contributed by atoms with Crippen molar-refractivity contribution in [1.82, 2.24) is 0 Å². The minimum atomic E-state index is -0.272. The quantitative estimate of drug-likeness (QED) is 0.693. The van der Waals surface area contributed by atoms with Crippen molar-refractivity contribution in [1.29, 1.82) is 0 Å². The lowest BCUT2D eigenvalue weighted by Gasteiger charge is -2.02. The molecule has 76 valence electrons. The van der Waals surface area contributed by atoms with Gasteiger partial charge in [-0.2, -0.15) is 0 Å². The predicted molar refractivity (Wildman–Crippen MR) is 51.5 cm³/mol. The van der Waals surface area contributed by atoms with E-state index in [1.54, 1.807) is 13.0 Å². The highest BCUT2D eigenvalue weighted by molar-refractivity contribution is 5.69. The van der Waals surface area contributed by atoms with E-state index in [2.05, 4.69) is 4.74 Å². The zero-order valence-electron chi connectivity index (χ0n) is 8.34. The van der Waals surface area contributed by atoms with Gasteiger partial charge < -0.3 is 4.74 Å². The molecule has 0 N–H and O–H groups in total. The van der Waals surface area contributed by atoms with E-state index < -0.39 is 0 Å². The fourth-order valence-electron chi connectivity index (χ4n) is 1.14. The van der Waals surface area contributed by atoms with Crippen LogP contribution in [0.4, 0.5) is 4.39 Å². The standard InChI is InChI=1S/C11H13FO2/c1-8-3-4-9(7-10(8)12)5-6-11(13)14-2/h3-4,7H,5-6H2,1-2H3. The van der Waals surface area contributed by atoms with Crippen molar-refractivity contribution in [2.45, 2.75) is 19.8 Å². The van der Waals surface area contributed by atoms with E-state index in [9.17, 15) is 9.18 Å². The van der Waals surface area contributed by atoms with E-state index in [-0.39, 0.29) is 11.8 Å². The van der Waals surface area contributed by atoms with Gasteiger partial charge in [0.05, 0.1) is 7.11 Å². The number of hydrogen-bond acceptors (Lipinski definition) is 2. The minimum absolute atomic E-state index is 0.229. The molecular weight excluding hydrogens is 183 g/mol. The van der Waals surface area contributed by atoms with Gasteiger partial charge in [0, 0.05) is 6.42 Å². The number of hydrogen-bond donors (Lipinski definition) is 0. The highest BCUT2D eigenvalue weighted by Crippen LogP contribution is 2.10. The Balaban J connectivity index is 2.60. The summed E-state index contributed by atoms with van der Waals surface area (Å²) in [5.74, 6) is -0.502. The molecule has 3 heteroatoms. The number of rotatable bonds is 3. The maximum Gasteiger partial charge on any atom is 0.305 e.